The van der Waals surface area contributed by atoms with E-state index < -0.39 is 0 Å². The molecule has 3 heterocycles. The summed E-state index contributed by atoms with van der Waals surface area (Å²) in [7, 11) is 3.78. The number of hydrogen-bond donors (Lipinski definition) is 0. The summed E-state index contributed by atoms with van der Waals surface area (Å²) in [6.45, 7) is 4.96. The van der Waals surface area contributed by atoms with Crippen molar-refractivity contribution in [3.05, 3.63) is 59.0 Å². The Balaban J connectivity index is 1.63. The first-order valence-corrected chi connectivity index (χ1v) is 10.8. The maximum atomic E-state index is 13.9. The van der Waals surface area contributed by atoms with E-state index in [-0.39, 0.29) is 24.1 Å². The summed E-state index contributed by atoms with van der Waals surface area (Å²) < 4.78 is 19.1. The molecule has 7 nitrogen and oxygen atoms in total. The zero-order valence-corrected chi connectivity index (χ0v) is 18.9. The topological polar surface area (TPSA) is 75.4 Å². The predicted molar refractivity (Wildman–Crippen MR) is 120 cm³/mol. The van der Waals surface area contributed by atoms with Crippen LogP contribution in [0.2, 0.25) is 0 Å². The van der Waals surface area contributed by atoms with Crippen molar-refractivity contribution in [3.8, 4) is 11.1 Å². The molecule has 1 fully saturated rings. The van der Waals surface area contributed by atoms with Crippen molar-refractivity contribution in [2.75, 3.05) is 32.1 Å². The Bertz CT molecular complexity index is 1110. The molecule has 1 aliphatic heterocycles. The Hall–Kier alpha value is -3.29. The highest BCUT2D eigenvalue weighted by atomic mass is 19.1. The minimum atomic E-state index is -0.301. The molecule has 0 unspecified atom stereocenters. The van der Waals surface area contributed by atoms with Crippen LogP contribution >= 0.6 is 0 Å². The van der Waals surface area contributed by atoms with Crippen molar-refractivity contribution in [3.63, 3.8) is 0 Å². The molecule has 0 saturated carbocycles. The first-order chi connectivity index (χ1) is 15.3. The fraction of sp³-hybridized carbons (Fsp3) is 0.417. The number of piperidine rings is 1. The van der Waals surface area contributed by atoms with E-state index in [9.17, 15) is 9.18 Å². The summed E-state index contributed by atoms with van der Waals surface area (Å²) in [5, 5.41) is 3.96. The van der Waals surface area contributed by atoms with E-state index in [2.05, 4.69) is 10.1 Å². The van der Waals surface area contributed by atoms with Crippen molar-refractivity contribution in [1.82, 2.24) is 20.0 Å². The molecule has 8 heteroatoms. The second-order valence-electron chi connectivity index (χ2n) is 8.53. The van der Waals surface area contributed by atoms with Gasteiger partial charge in [0.15, 0.2) is 0 Å². The number of amides is 1. The van der Waals surface area contributed by atoms with Crippen LogP contribution in [-0.2, 0) is 11.2 Å². The summed E-state index contributed by atoms with van der Waals surface area (Å²) in [6, 6.07) is 6.48. The molecular weight excluding hydrogens is 409 g/mol. The number of likely N-dealkylation sites (tertiary alicyclic amines) is 1. The molecular formula is C24H28FN5O2. The highest BCUT2D eigenvalue weighted by molar-refractivity contribution is 5.79. The van der Waals surface area contributed by atoms with Crippen molar-refractivity contribution in [2.24, 2.45) is 0 Å². The zero-order valence-electron chi connectivity index (χ0n) is 18.9. The summed E-state index contributed by atoms with van der Waals surface area (Å²) in [5.74, 6) is 1.07. The van der Waals surface area contributed by atoms with Crippen LogP contribution in [0, 0.1) is 19.7 Å². The molecule has 0 bridgehead atoms. The van der Waals surface area contributed by atoms with Crippen LogP contribution < -0.4 is 4.90 Å². The number of nitrogens with zero attached hydrogens (tertiary/aromatic N) is 5. The molecule has 0 radical (unpaired) electrons. The molecule has 0 N–H and O–H groups in total. The number of rotatable bonds is 5. The van der Waals surface area contributed by atoms with E-state index in [1.165, 1.54) is 12.1 Å². The van der Waals surface area contributed by atoms with Crippen molar-refractivity contribution >= 4 is 11.9 Å². The second kappa shape index (κ2) is 9.06. The lowest BCUT2D eigenvalue weighted by molar-refractivity contribution is -0.131. The second-order valence-corrected chi connectivity index (χ2v) is 8.53. The molecule has 1 aromatic carbocycles. The van der Waals surface area contributed by atoms with Gasteiger partial charge in [-0.1, -0.05) is 17.3 Å². The molecule has 1 aliphatic rings. The minimum absolute atomic E-state index is 0.0392. The molecule has 0 spiro atoms. The Labute approximate surface area is 187 Å². The third-order valence-electron chi connectivity index (χ3n) is 6.01. The van der Waals surface area contributed by atoms with Crippen molar-refractivity contribution in [1.29, 1.82) is 0 Å². The van der Waals surface area contributed by atoms with E-state index >= 15 is 0 Å². The van der Waals surface area contributed by atoms with Gasteiger partial charge in [0.2, 0.25) is 11.9 Å². The molecule has 1 saturated heterocycles. The van der Waals surface area contributed by atoms with E-state index in [4.69, 9.17) is 9.51 Å². The van der Waals surface area contributed by atoms with Crippen LogP contribution in [0.1, 0.15) is 41.5 Å². The number of aromatic nitrogens is 3. The lowest BCUT2D eigenvalue weighted by Crippen LogP contribution is -2.40. The first kappa shape index (κ1) is 21.9. The summed E-state index contributed by atoms with van der Waals surface area (Å²) in [5.41, 5.74) is 4.01. The molecule has 1 atom stereocenters. The smallest absolute Gasteiger partial charge is 0.227 e. The number of carbonyl (C=O) groups is 1. The van der Waals surface area contributed by atoms with Crippen LogP contribution in [0.5, 0.6) is 0 Å². The van der Waals surface area contributed by atoms with Gasteiger partial charge in [-0.15, -0.1) is 0 Å². The van der Waals surface area contributed by atoms with Crippen molar-refractivity contribution < 1.29 is 13.7 Å². The minimum Gasteiger partial charge on any atom is -0.361 e. The fourth-order valence-electron chi connectivity index (χ4n) is 4.23. The molecule has 0 aliphatic carbocycles. The molecule has 2 aromatic heterocycles. The number of halogens is 1. The first-order valence-electron chi connectivity index (χ1n) is 10.8. The van der Waals surface area contributed by atoms with Gasteiger partial charge in [-0.2, -0.15) is 0 Å². The van der Waals surface area contributed by atoms with E-state index in [1.54, 1.807) is 12.3 Å². The highest BCUT2D eigenvalue weighted by Crippen LogP contribution is 2.34. The number of benzene rings is 1. The van der Waals surface area contributed by atoms with Crippen LogP contribution in [0.3, 0.4) is 0 Å². The molecule has 32 heavy (non-hydrogen) atoms. The zero-order chi connectivity index (χ0) is 22.8. The average molecular weight is 438 g/mol. The number of hydrogen-bond acceptors (Lipinski definition) is 6. The number of carbonyl (C=O) groups excluding carboxylic acids is 1. The normalized spacial score (nSPS) is 16.3. The Kier molecular flexibility index (Phi) is 6.21. The number of anilines is 1. The quantitative estimate of drug-likeness (QED) is 0.603. The van der Waals surface area contributed by atoms with E-state index in [0.29, 0.717) is 24.8 Å². The fourth-order valence-corrected chi connectivity index (χ4v) is 4.23. The summed E-state index contributed by atoms with van der Waals surface area (Å²) in [4.78, 5) is 26.1. The van der Waals surface area contributed by atoms with Gasteiger partial charge in [0.25, 0.3) is 0 Å². The third-order valence-corrected chi connectivity index (χ3v) is 6.01. The molecule has 3 aromatic rings. The van der Waals surface area contributed by atoms with Gasteiger partial charge in [0.1, 0.15) is 11.6 Å². The lowest BCUT2D eigenvalue weighted by Gasteiger charge is -2.33. The maximum absolute atomic E-state index is 13.9. The number of aryl methyl sites for hydroxylation is 2. The summed E-state index contributed by atoms with van der Waals surface area (Å²) >= 11 is 0. The van der Waals surface area contributed by atoms with Crippen LogP contribution in [0.25, 0.3) is 11.1 Å². The van der Waals surface area contributed by atoms with Gasteiger partial charge in [0.05, 0.1) is 17.8 Å². The standard InChI is InChI=1S/C24H28FN5O2/c1-15-20(16(2)32-28-15)12-22(31)30-10-6-8-18(14-30)23-21(13-26-24(27-23)29(3)4)17-7-5-9-19(25)11-17/h5,7,9,11,13,18H,6,8,10,12,14H2,1-4H3/t18-/m0/s1. The van der Waals surface area contributed by atoms with Gasteiger partial charge in [-0.05, 0) is 44.4 Å². The third kappa shape index (κ3) is 4.49. The Morgan fingerprint density at radius 3 is 2.81 bits per heavy atom. The van der Waals surface area contributed by atoms with E-state index in [1.807, 2.05) is 43.8 Å². The van der Waals surface area contributed by atoms with Gasteiger partial charge < -0.3 is 14.3 Å². The lowest BCUT2D eigenvalue weighted by atomic mass is 9.89. The maximum Gasteiger partial charge on any atom is 0.227 e. The van der Waals surface area contributed by atoms with Crippen LogP contribution in [0.15, 0.2) is 35.0 Å². The van der Waals surface area contributed by atoms with Gasteiger partial charge in [-0.25, -0.2) is 14.4 Å². The molecule has 4 rings (SSSR count). The largest absolute Gasteiger partial charge is 0.361 e. The van der Waals surface area contributed by atoms with Crippen LogP contribution in [0.4, 0.5) is 10.3 Å². The average Bonchev–Trinajstić information content (AvgIpc) is 3.10. The van der Waals surface area contributed by atoms with Gasteiger partial charge in [0, 0.05) is 50.4 Å². The monoisotopic (exact) mass is 437 g/mol. The molecule has 1 amide bonds. The Morgan fingerprint density at radius 2 is 2.12 bits per heavy atom. The SMILES string of the molecule is Cc1noc(C)c1CC(=O)N1CCC[C@H](c2nc(N(C)C)ncc2-c2cccc(F)c2)C1. The Morgan fingerprint density at radius 1 is 1.31 bits per heavy atom. The highest BCUT2D eigenvalue weighted by Gasteiger charge is 2.29. The molecule has 168 valence electrons. The summed E-state index contributed by atoms with van der Waals surface area (Å²) in [6.07, 6.45) is 3.82. The predicted octanol–water partition coefficient (Wildman–Crippen LogP) is 3.90. The van der Waals surface area contributed by atoms with Gasteiger partial charge in [-0.3, -0.25) is 4.79 Å². The van der Waals surface area contributed by atoms with Crippen LogP contribution in [-0.4, -0.2) is 53.1 Å². The van der Waals surface area contributed by atoms with Crippen molar-refractivity contribution in [2.45, 2.75) is 39.0 Å². The van der Waals surface area contributed by atoms with Gasteiger partial charge >= 0.3 is 0 Å². The van der Waals surface area contributed by atoms with E-state index in [0.717, 1.165) is 40.9 Å².